The number of nitrogen functional groups attached to an aromatic ring is 1. The smallest absolute Gasteiger partial charge is 0.251 e. The summed E-state index contributed by atoms with van der Waals surface area (Å²) in [7, 11) is 0. The van der Waals surface area contributed by atoms with Crippen molar-refractivity contribution in [3.8, 4) is 5.75 Å². The molecule has 4 N–H and O–H groups in total. The number of rotatable bonds is 8. The van der Waals surface area contributed by atoms with E-state index in [0.29, 0.717) is 48.4 Å². The van der Waals surface area contributed by atoms with Crippen LogP contribution in [0.1, 0.15) is 35.2 Å². The van der Waals surface area contributed by atoms with Crippen molar-refractivity contribution in [2.24, 2.45) is 0 Å². The van der Waals surface area contributed by atoms with Gasteiger partial charge in [0.15, 0.2) is 16.9 Å². The first-order valence-electron chi connectivity index (χ1n) is 9.96. The van der Waals surface area contributed by atoms with Crippen LogP contribution in [0.5, 0.6) is 5.75 Å². The van der Waals surface area contributed by atoms with E-state index >= 15 is 0 Å². The number of ether oxygens (including phenoxy) is 1. The molecule has 11 heteroatoms. The number of likely N-dealkylation sites (tertiary alicyclic amines) is 1. The lowest BCUT2D eigenvalue weighted by atomic mass is 10.1. The van der Waals surface area contributed by atoms with Crippen molar-refractivity contribution in [2.45, 2.75) is 25.9 Å². The number of aromatic nitrogens is 4. The van der Waals surface area contributed by atoms with Gasteiger partial charge in [-0.1, -0.05) is 5.21 Å². The molecule has 0 radical (unpaired) electrons. The van der Waals surface area contributed by atoms with Gasteiger partial charge in [0.2, 0.25) is 5.91 Å². The zero-order valence-corrected chi connectivity index (χ0v) is 16.7. The van der Waals surface area contributed by atoms with E-state index in [2.05, 4.69) is 25.7 Å². The van der Waals surface area contributed by atoms with E-state index in [4.69, 9.17) is 10.5 Å². The molecule has 2 amide bonds. The number of anilines is 1. The maximum Gasteiger partial charge on any atom is 0.251 e. The molecule has 0 unspecified atom stereocenters. The third-order valence-corrected chi connectivity index (χ3v) is 5.04. The van der Waals surface area contributed by atoms with Crippen molar-refractivity contribution < 1.29 is 18.7 Å². The zero-order chi connectivity index (χ0) is 21.8. The minimum Gasteiger partial charge on any atom is -0.486 e. The molecular weight excluding hydrogens is 405 g/mol. The number of hydrogen-bond donors (Lipinski definition) is 3. The zero-order valence-electron chi connectivity index (χ0n) is 16.7. The number of carbonyl (C=O) groups excluding carboxylic acids is 2. The first kappa shape index (κ1) is 20.5. The highest BCUT2D eigenvalue weighted by Gasteiger charge is 2.19. The summed E-state index contributed by atoms with van der Waals surface area (Å²) in [6, 6.07) is 5.56. The van der Waals surface area contributed by atoms with Crippen molar-refractivity contribution >= 4 is 28.8 Å². The standard InChI is InChI=1S/C20H22FN7O3/c21-14-5-4-12(20(30)23-6-2-8-28-7-1-3-17(28)29)9-13(14)11-31-15-10-16(22)24-19-18(15)25-27-26-19/h4-5,9-10H,1-3,6-8,11H2,(H,23,30)(H3,22,24,25,26,27). The van der Waals surface area contributed by atoms with E-state index in [1.165, 1.54) is 24.3 Å². The van der Waals surface area contributed by atoms with E-state index < -0.39 is 5.82 Å². The lowest BCUT2D eigenvalue weighted by molar-refractivity contribution is -0.127. The summed E-state index contributed by atoms with van der Waals surface area (Å²) in [5, 5.41) is 12.9. The number of nitrogens with two attached hydrogens (primary N) is 1. The van der Waals surface area contributed by atoms with Crippen LogP contribution in [0.25, 0.3) is 11.2 Å². The van der Waals surface area contributed by atoms with E-state index in [1.807, 2.05) is 0 Å². The fourth-order valence-corrected chi connectivity index (χ4v) is 3.44. The molecule has 2 aromatic heterocycles. The van der Waals surface area contributed by atoms with Crippen LogP contribution in [0.15, 0.2) is 24.3 Å². The molecule has 0 spiro atoms. The summed E-state index contributed by atoms with van der Waals surface area (Å²) in [4.78, 5) is 29.9. The third kappa shape index (κ3) is 4.71. The highest BCUT2D eigenvalue weighted by atomic mass is 19.1. The maximum atomic E-state index is 14.3. The molecule has 4 rings (SSSR count). The SMILES string of the molecule is Nc1cc(OCc2cc(C(=O)NCCCN3CCCC3=O)ccc2F)c2nn[nH]c2n1. The summed E-state index contributed by atoms with van der Waals surface area (Å²) in [6.07, 6.45) is 2.15. The van der Waals surface area contributed by atoms with Gasteiger partial charge >= 0.3 is 0 Å². The quantitative estimate of drug-likeness (QED) is 0.462. The van der Waals surface area contributed by atoms with Crippen LogP contribution >= 0.6 is 0 Å². The van der Waals surface area contributed by atoms with Gasteiger partial charge in [-0.3, -0.25) is 9.59 Å². The summed E-state index contributed by atoms with van der Waals surface area (Å²) in [5.74, 6) is -0.142. The van der Waals surface area contributed by atoms with Gasteiger partial charge in [-0.2, -0.15) is 0 Å². The Morgan fingerprint density at radius 2 is 2.23 bits per heavy atom. The summed E-state index contributed by atoms with van der Waals surface area (Å²) < 4.78 is 19.9. The Morgan fingerprint density at radius 1 is 1.35 bits per heavy atom. The Kier molecular flexibility index (Phi) is 5.92. The van der Waals surface area contributed by atoms with Crippen molar-refractivity contribution in [3.63, 3.8) is 0 Å². The van der Waals surface area contributed by atoms with Crippen LogP contribution in [0.3, 0.4) is 0 Å². The highest BCUT2D eigenvalue weighted by molar-refractivity contribution is 5.94. The summed E-state index contributed by atoms with van der Waals surface area (Å²) in [5.41, 5.74) is 7.00. The number of fused-ring (bicyclic) bond motifs is 1. The van der Waals surface area contributed by atoms with E-state index in [0.717, 1.165) is 13.0 Å². The summed E-state index contributed by atoms with van der Waals surface area (Å²) in [6.45, 7) is 1.69. The number of carbonyl (C=O) groups is 2. The number of hydrogen-bond acceptors (Lipinski definition) is 7. The Morgan fingerprint density at radius 3 is 3.03 bits per heavy atom. The normalized spacial score (nSPS) is 13.7. The number of benzene rings is 1. The van der Waals surface area contributed by atoms with Gasteiger partial charge in [0.1, 0.15) is 18.2 Å². The Labute approximate surface area is 177 Å². The molecule has 162 valence electrons. The second-order valence-corrected chi connectivity index (χ2v) is 7.24. The largest absolute Gasteiger partial charge is 0.486 e. The van der Waals surface area contributed by atoms with Crippen molar-refractivity contribution in [2.75, 3.05) is 25.4 Å². The minimum atomic E-state index is -0.498. The van der Waals surface area contributed by atoms with Crippen LogP contribution in [0.4, 0.5) is 10.2 Å². The second kappa shape index (κ2) is 8.94. The number of nitrogens with zero attached hydrogens (tertiary/aromatic N) is 4. The van der Waals surface area contributed by atoms with Gasteiger partial charge < -0.3 is 20.7 Å². The fraction of sp³-hybridized carbons (Fsp3) is 0.350. The number of H-pyrrole nitrogens is 1. The first-order chi connectivity index (χ1) is 15.0. The minimum absolute atomic E-state index is 0.130. The number of amides is 2. The molecule has 0 aliphatic carbocycles. The monoisotopic (exact) mass is 427 g/mol. The van der Waals surface area contributed by atoms with Gasteiger partial charge in [-0.05, 0) is 31.0 Å². The third-order valence-electron chi connectivity index (χ3n) is 5.04. The molecule has 1 saturated heterocycles. The van der Waals surface area contributed by atoms with E-state index in [-0.39, 0.29) is 29.8 Å². The molecule has 3 heterocycles. The van der Waals surface area contributed by atoms with Crippen LogP contribution in [-0.2, 0) is 11.4 Å². The molecule has 1 aromatic carbocycles. The lowest BCUT2D eigenvalue weighted by Gasteiger charge is -2.15. The average Bonchev–Trinajstić information content (AvgIpc) is 3.38. The lowest BCUT2D eigenvalue weighted by Crippen LogP contribution is -2.30. The van der Waals surface area contributed by atoms with Crippen LogP contribution in [0, 0.1) is 5.82 Å². The highest BCUT2D eigenvalue weighted by Crippen LogP contribution is 2.24. The first-order valence-corrected chi connectivity index (χ1v) is 9.96. The van der Waals surface area contributed by atoms with E-state index in [1.54, 1.807) is 4.90 Å². The molecule has 3 aromatic rings. The predicted molar refractivity (Wildman–Crippen MR) is 110 cm³/mol. The Bertz CT molecular complexity index is 1120. The van der Waals surface area contributed by atoms with Crippen LogP contribution in [0.2, 0.25) is 0 Å². The second-order valence-electron chi connectivity index (χ2n) is 7.24. The van der Waals surface area contributed by atoms with Gasteiger partial charge in [0.25, 0.3) is 5.91 Å². The van der Waals surface area contributed by atoms with Crippen molar-refractivity contribution in [3.05, 3.63) is 41.2 Å². The Balaban J connectivity index is 1.35. The maximum absolute atomic E-state index is 14.3. The molecular formula is C20H22FN7O3. The van der Waals surface area contributed by atoms with Crippen LogP contribution < -0.4 is 15.8 Å². The van der Waals surface area contributed by atoms with Crippen molar-refractivity contribution in [1.82, 2.24) is 30.6 Å². The number of halogens is 1. The van der Waals surface area contributed by atoms with Crippen molar-refractivity contribution in [1.29, 1.82) is 0 Å². The molecule has 1 fully saturated rings. The predicted octanol–water partition coefficient (Wildman–Crippen LogP) is 1.40. The molecule has 0 atom stereocenters. The summed E-state index contributed by atoms with van der Waals surface area (Å²) >= 11 is 0. The Hall–Kier alpha value is -3.76. The van der Waals surface area contributed by atoms with Gasteiger partial charge in [-0.15, -0.1) is 5.10 Å². The van der Waals surface area contributed by atoms with Gasteiger partial charge in [-0.25, -0.2) is 14.5 Å². The number of nitrogens with one attached hydrogen (secondary N) is 2. The number of pyridine rings is 1. The molecule has 10 nitrogen and oxygen atoms in total. The fourth-order valence-electron chi connectivity index (χ4n) is 3.44. The van der Waals surface area contributed by atoms with Gasteiger partial charge in [0, 0.05) is 43.2 Å². The molecule has 0 bridgehead atoms. The average molecular weight is 427 g/mol. The van der Waals surface area contributed by atoms with E-state index in [9.17, 15) is 14.0 Å². The molecule has 31 heavy (non-hydrogen) atoms. The van der Waals surface area contributed by atoms with Gasteiger partial charge in [0.05, 0.1) is 0 Å². The molecule has 1 aliphatic heterocycles. The topological polar surface area (TPSA) is 139 Å². The molecule has 1 aliphatic rings. The molecule has 0 saturated carbocycles. The number of aromatic amines is 1. The van der Waals surface area contributed by atoms with Crippen LogP contribution in [-0.4, -0.2) is 56.7 Å².